The van der Waals surface area contributed by atoms with E-state index in [1.807, 2.05) is 59.2 Å². The van der Waals surface area contributed by atoms with Gasteiger partial charge in [0.1, 0.15) is 6.54 Å². The number of pyridine rings is 1. The first-order chi connectivity index (χ1) is 14.6. The number of para-hydroxylation sites is 2. The molecule has 0 aliphatic rings. The summed E-state index contributed by atoms with van der Waals surface area (Å²) in [6.07, 6.45) is 0. The Balaban J connectivity index is 1.48. The Labute approximate surface area is 173 Å². The lowest BCUT2D eigenvalue weighted by atomic mass is 10.1. The number of hydrogen-bond donors (Lipinski definition) is 2. The number of aromatic nitrogens is 1. The number of benzene rings is 3. The molecule has 0 fully saturated rings. The Morgan fingerprint density at radius 3 is 1.90 bits per heavy atom. The molecule has 3 aromatic carbocycles. The summed E-state index contributed by atoms with van der Waals surface area (Å²) in [4.78, 5) is 37.4. The molecule has 0 aliphatic carbocycles. The van der Waals surface area contributed by atoms with Crippen LogP contribution in [0.3, 0.4) is 0 Å². The van der Waals surface area contributed by atoms with Crippen LogP contribution in [0.1, 0.15) is 5.56 Å². The lowest BCUT2D eigenvalue weighted by Gasteiger charge is -2.15. The molecule has 30 heavy (non-hydrogen) atoms. The fourth-order valence-electron chi connectivity index (χ4n) is 3.48. The first-order valence-corrected chi connectivity index (χ1v) is 9.71. The first kappa shape index (κ1) is 19.4. The molecule has 0 saturated heterocycles. The SMILES string of the molecule is O=C(CNC(=O)Cn1c2ccccc2c(=O)c2ccccc21)NCc1ccccc1. The van der Waals surface area contributed by atoms with Crippen molar-refractivity contribution in [3.63, 3.8) is 0 Å². The molecule has 6 nitrogen and oxygen atoms in total. The van der Waals surface area contributed by atoms with Gasteiger partial charge >= 0.3 is 0 Å². The number of fused-ring (bicyclic) bond motifs is 2. The number of rotatable bonds is 6. The average Bonchev–Trinajstić information content (AvgIpc) is 2.80. The summed E-state index contributed by atoms with van der Waals surface area (Å²) in [7, 11) is 0. The van der Waals surface area contributed by atoms with Gasteiger partial charge in [-0.15, -0.1) is 0 Å². The fraction of sp³-hybridized carbons (Fsp3) is 0.125. The van der Waals surface area contributed by atoms with Gasteiger partial charge in [0, 0.05) is 17.3 Å². The largest absolute Gasteiger partial charge is 0.350 e. The zero-order valence-corrected chi connectivity index (χ0v) is 16.3. The van der Waals surface area contributed by atoms with Gasteiger partial charge in [-0.25, -0.2) is 0 Å². The maximum Gasteiger partial charge on any atom is 0.240 e. The molecule has 0 bridgehead atoms. The molecule has 0 atom stereocenters. The van der Waals surface area contributed by atoms with Crippen molar-refractivity contribution in [2.75, 3.05) is 6.54 Å². The lowest BCUT2D eigenvalue weighted by Crippen LogP contribution is -2.38. The Morgan fingerprint density at radius 1 is 0.700 bits per heavy atom. The topological polar surface area (TPSA) is 80.2 Å². The average molecular weight is 399 g/mol. The molecule has 0 unspecified atom stereocenters. The molecule has 150 valence electrons. The van der Waals surface area contributed by atoms with Crippen molar-refractivity contribution in [2.24, 2.45) is 0 Å². The predicted octanol–water partition coefficient (Wildman–Crippen LogP) is 2.59. The van der Waals surface area contributed by atoms with E-state index in [0.717, 1.165) is 5.56 Å². The van der Waals surface area contributed by atoms with E-state index in [1.165, 1.54) is 0 Å². The summed E-state index contributed by atoms with van der Waals surface area (Å²) >= 11 is 0. The molecular weight excluding hydrogens is 378 g/mol. The minimum Gasteiger partial charge on any atom is -0.350 e. The lowest BCUT2D eigenvalue weighted by molar-refractivity contribution is -0.126. The van der Waals surface area contributed by atoms with Gasteiger partial charge in [0.05, 0.1) is 17.6 Å². The molecule has 2 N–H and O–H groups in total. The molecule has 4 rings (SSSR count). The van der Waals surface area contributed by atoms with Crippen LogP contribution in [0.25, 0.3) is 21.8 Å². The number of amides is 2. The number of carbonyl (C=O) groups is 2. The van der Waals surface area contributed by atoms with E-state index in [1.54, 1.807) is 24.3 Å². The third-order valence-electron chi connectivity index (χ3n) is 4.96. The molecule has 0 spiro atoms. The Kier molecular flexibility index (Phi) is 5.57. The second-order valence-electron chi connectivity index (χ2n) is 6.99. The van der Waals surface area contributed by atoms with Crippen LogP contribution < -0.4 is 16.1 Å². The van der Waals surface area contributed by atoms with Crippen molar-refractivity contribution in [3.05, 3.63) is 94.6 Å². The molecule has 1 heterocycles. The van der Waals surface area contributed by atoms with Crippen molar-refractivity contribution in [2.45, 2.75) is 13.1 Å². The zero-order valence-electron chi connectivity index (χ0n) is 16.3. The number of hydrogen-bond acceptors (Lipinski definition) is 3. The molecule has 2 amide bonds. The second kappa shape index (κ2) is 8.61. The minimum absolute atomic E-state index is 0.00721. The summed E-state index contributed by atoms with van der Waals surface area (Å²) in [5.74, 6) is -0.564. The maximum absolute atomic E-state index is 12.8. The van der Waals surface area contributed by atoms with Crippen LogP contribution in [0.4, 0.5) is 0 Å². The van der Waals surface area contributed by atoms with Gasteiger partial charge in [0.25, 0.3) is 0 Å². The van der Waals surface area contributed by atoms with Crippen molar-refractivity contribution in [1.29, 1.82) is 0 Å². The van der Waals surface area contributed by atoms with E-state index in [-0.39, 0.29) is 30.3 Å². The third kappa shape index (κ3) is 4.07. The molecule has 0 saturated carbocycles. The number of nitrogens with zero attached hydrogens (tertiary/aromatic N) is 1. The summed E-state index contributed by atoms with van der Waals surface area (Å²) < 4.78 is 1.81. The van der Waals surface area contributed by atoms with Gasteiger partial charge in [-0.05, 0) is 29.8 Å². The van der Waals surface area contributed by atoms with Gasteiger partial charge in [0.2, 0.25) is 11.8 Å². The molecule has 0 aliphatic heterocycles. The summed E-state index contributed by atoms with van der Waals surface area (Å²) in [6.45, 7) is 0.305. The van der Waals surface area contributed by atoms with Crippen LogP contribution in [0.2, 0.25) is 0 Å². The van der Waals surface area contributed by atoms with Gasteiger partial charge in [-0.3, -0.25) is 14.4 Å². The zero-order chi connectivity index (χ0) is 20.9. The van der Waals surface area contributed by atoms with Crippen LogP contribution >= 0.6 is 0 Å². The highest BCUT2D eigenvalue weighted by molar-refractivity contribution is 5.95. The van der Waals surface area contributed by atoms with E-state index < -0.39 is 0 Å². The van der Waals surface area contributed by atoms with Crippen molar-refractivity contribution >= 4 is 33.6 Å². The van der Waals surface area contributed by atoms with Crippen LogP contribution in [0.15, 0.2) is 83.7 Å². The Hall–Kier alpha value is -3.93. The molecule has 6 heteroatoms. The van der Waals surface area contributed by atoms with Crippen molar-refractivity contribution in [1.82, 2.24) is 15.2 Å². The Morgan fingerprint density at radius 2 is 1.27 bits per heavy atom. The molecule has 1 aromatic heterocycles. The summed E-state index contributed by atoms with van der Waals surface area (Å²) in [5, 5.41) is 6.56. The van der Waals surface area contributed by atoms with E-state index in [0.29, 0.717) is 28.4 Å². The fourth-order valence-corrected chi connectivity index (χ4v) is 3.48. The second-order valence-corrected chi connectivity index (χ2v) is 6.99. The number of nitrogens with one attached hydrogen (secondary N) is 2. The van der Waals surface area contributed by atoms with E-state index in [4.69, 9.17) is 0 Å². The van der Waals surface area contributed by atoms with E-state index >= 15 is 0 Å². The van der Waals surface area contributed by atoms with Gasteiger partial charge in [-0.1, -0.05) is 54.6 Å². The van der Waals surface area contributed by atoms with Crippen molar-refractivity contribution in [3.8, 4) is 0 Å². The standard InChI is InChI=1S/C24H21N3O3/c28-22(25-14-17-8-2-1-3-9-17)15-26-23(29)16-27-20-12-6-4-10-18(20)24(30)19-11-5-7-13-21(19)27/h1-13H,14-16H2,(H,25,28)(H,26,29). The minimum atomic E-state index is -0.302. The molecule has 0 radical (unpaired) electrons. The summed E-state index contributed by atoms with van der Waals surface area (Å²) in [5.41, 5.74) is 2.30. The van der Waals surface area contributed by atoms with Gasteiger partial charge in [0.15, 0.2) is 5.43 Å². The smallest absolute Gasteiger partial charge is 0.240 e. The molecular formula is C24H21N3O3. The predicted molar refractivity (Wildman–Crippen MR) is 117 cm³/mol. The highest BCUT2D eigenvalue weighted by atomic mass is 16.2. The van der Waals surface area contributed by atoms with E-state index in [9.17, 15) is 14.4 Å². The Bertz CT molecular complexity index is 1220. The first-order valence-electron chi connectivity index (χ1n) is 9.71. The monoisotopic (exact) mass is 399 g/mol. The van der Waals surface area contributed by atoms with Crippen LogP contribution in [-0.4, -0.2) is 22.9 Å². The van der Waals surface area contributed by atoms with Crippen LogP contribution in [0, 0.1) is 0 Å². The summed E-state index contributed by atoms with van der Waals surface area (Å²) in [6, 6.07) is 24.0. The van der Waals surface area contributed by atoms with Gasteiger partial charge in [-0.2, -0.15) is 0 Å². The van der Waals surface area contributed by atoms with Gasteiger partial charge < -0.3 is 15.2 Å². The molecule has 4 aromatic rings. The highest BCUT2D eigenvalue weighted by Gasteiger charge is 2.13. The highest BCUT2D eigenvalue weighted by Crippen LogP contribution is 2.18. The van der Waals surface area contributed by atoms with E-state index in [2.05, 4.69) is 10.6 Å². The van der Waals surface area contributed by atoms with Crippen LogP contribution in [-0.2, 0) is 22.7 Å². The normalized spacial score (nSPS) is 10.8. The van der Waals surface area contributed by atoms with Crippen LogP contribution in [0.5, 0.6) is 0 Å². The quantitative estimate of drug-likeness (QED) is 0.489. The maximum atomic E-state index is 12.8. The number of carbonyl (C=O) groups excluding carboxylic acids is 2. The van der Waals surface area contributed by atoms with Crippen molar-refractivity contribution < 1.29 is 9.59 Å². The third-order valence-corrected chi connectivity index (χ3v) is 4.96.